The van der Waals surface area contributed by atoms with Crippen LogP contribution in [-0.4, -0.2) is 20.1 Å². The summed E-state index contributed by atoms with van der Waals surface area (Å²) in [5, 5.41) is 17.6. The molecule has 1 N–H and O–H groups in total. The zero-order chi connectivity index (χ0) is 12.3. The summed E-state index contributed by atoms with van der Waals surface area (Å²) >= 11 is 0. The summed E-state index contributed by atoms with van der Waals surface area (Å²) in [6, 6.07) is 8.38. The van der Waals surface area contributed by atoms with Gasteiger partial charge in [-0.15, -0.1) is 5.10 Å². The van der Waals surface area contributed by atoms with Crippen molar-refractivity contribution in [2.75, 3.05) is 0 Å². The van der Waals surface area contributed by atoms with Crippen LogP contribution in [0.3, 0.4) is 0 Å². The summed E-state index contributed by atoms with van der Waals surface area (Å²) in [4.78, 5) is 0. The minimum Gasteiger partial charge on any atom is -0.387 e. The first-order chi connectivity index (χ1) is 8.16. The van der Waals surface area contributed by atoms with Gasteiger partial charge >= 0.3 is 0 Å². The van der Waals surface area contributed by atoms with Gasteiger partial charge in [-0.05, 0) is 25.3 Å². The Labute approximate surface area is 101 Å². The Hall–Kier alpha value is -1.68. The van der Waals surface area contributed by atoms with Crippen LogP contribution in [0.1, 0.15) is 29.3 Å². The molecule has 4 heteroatoms. The summed E-state index contributed by atoms with van der Waals surface area (Å²) < 4.78 is 1.61. The van der Waals surface area contributed by atoms with Gasteiger partial charge in [-0.2, -0.15) is 0 Å². The highest BCUT2D eigenvalue weighted by atomic mass is 16.3. The number of hydrogen-bond acceptors (Lipinski definition) is 3. The molecule has 1 heterocycles. The number of nitrogens with zero attached hydrogens (tertiary/aromatic N) is 3. The van der Waals surface area contributed by atoms with Gasteiger partial charge in [-0.3, -0.25) is 0 Å². The molecule has 0 radical (unpaired) electrons. The highest BCUT2D eigenvalue weighted by molar-refractivity contribution is 5.21. The van der Waals surface area contributed by atoms with Crippen LogP contribution < -0.4 is 0 Å². The lowest BCUT2D eigenvalue weighted by atomic mass is 10.0. The average Bonchev–Trinajstić information content (AvgIpc) is 2.74. The third-order valence-electron chi connectivity index (χ3n) is 2.92. The topological polar surface area (TPSA) is 50.9 Å². The van der Waals surface area contributed by atoms with E-state index in [1.807, 2.05) is 0 Å². The maximum Gasteiger partial charge on any atom is 0.0976 e. The van der Waals surface area contributed by atoms with E-state index < -0.39 is 6.10 Å². The maximum absolute atomic E-state index is 10.0. The van der Waals surface area contributed by atoms with Gasteiger partial charge in [0.25, 0.3) is 0 Å². The molecular formula is C13H17N3O. The first-order valence-electron chi connectivity index (χ1n) is 5.75. The van der Waals surface area contributed by atoms with E-state index in [2.05, 4.69) is 41.5 Å². The number of benzene rings is 1. The number of hydrogen-bond donors (Lipinski definition) is 1. The lowest BCUT2D eigenvalue weighted by Gasteiger charge is -2.10. The van der Waals surface area contributed by atoms with Gasteiger partial charge in [0.2, 0.25) is 0 Å². The Morgan fingerprint density at radius 3 is 2.59 bits per heavy atom. The largest absolute Gasteiger partial charge is 0.387 e. The van der Waals surface area contributed by atoms with Crippen LogP contribution in [0.25, 0.3) is 0 Å². The van der Waals surface area contributed by atoms with Gasteiger partial charge in [0.15, 0.2) is 0 Å². The van der Waals surface area contributed by atoms with Crippen molar-refractivity contribution in [2.45, 2.75) is 25.9 Å². The standard InChI is InChI=1S/C13H17N3O/c1-10-3-5-11(6-4-10)7-8-13(17)12-9-14-15-16(12)2/h3-6,9,13,17H,7-8H2,1-2H3. The number of rotatable bonds is 4. The molecule has 0 bridgehead atoms. The molecule has 0 saturated heterocycles. The van der Waals surface area contributed by atoms with E-state index in [1.54, 1.807) is 17.9 Å². The molecule has 1 aromatic heterocycles. The minimum atomic E-state index is -0.503. The van der Waals surface area contributed by atoms with Crippen molar-refractivity contribution in [1.82, 2.24) is 15.0 Å². The van der Waals surface area contributed by atoms with E-state index in [0.717, 1.165) is 12.1 Å². The molecule has 0 spiro atoms. The van der Waals surface area contributed by atoms with E-state index in [0.29, 0.717) is 6.42 Å². The Balaban J connectivity index is 1.94. The van der Waals surface area contributed by atoms with E-state index in [4.69, 9.17) is 0 Å². The van der Waals surface area contributed by atoms with Crippen LogP contribution in [0.15, 0.2) is 30.5 Å². The zero-order valence-corrected chi connectivity index (χ0v) is 10.2. The summed E-state index contributed by atoms with van der Waals surface area (Å²) in [5.41, 5.74) is 3.26. The molecule has 17 heavy (non-hydrogen) atoms. The van der Waals surface area contributed by atoms with E-state index in [9.17, 15) is 5.11 Å². The Bertz CT molecular complexity index is 476. The normalized spacial score (nSPS) is 12.6. The van der Waals surface area contributed by atoms with Crippen molar-refractivity contribution >= 4 is 0 Å². The molecule has 0 saturated carbocycles. The second kappa shape index (κ2) is 5.10. The van der Waals surface area contributed by atoms with Crippen LogP contribution in [0.2, 0.25) is 0 Å². The van der Waals surface area contributed by atoms with Crippen molar-refractivity contribution in [2.24, 2.45) is 7.05 Å². The quantitative estimate of drug-likeness (QED) is 0.872. The first kappa shape index (κ1) is 11.8. The molecule has 1 unspecified atom stereocenters. The van der Waals surface area contributed by atoms with Crippen LogP contribution in [0.4, 0.5) is 0 Å². The van der Waals surface area contributed by atoms with Crippen molar-refractivity contribution in [3.63, 3.8) is 0 Å². The smallest absolute Gasteiger partial charge is 0.0976 e. The molecule has 4 nitrogen and oxygen atoms in total. The monoisotopic (exact) mass is 231 g/mol. The van der Waals surface area contributed by atoms with E-state index in [1.165, 1.54) is 11.1 Å². The molecule has 90 valence electrons. The number of aliphatic hydroxyl groups is 1. The van der Waals surface area contributed by atoms with Gasteiger partial charge in [0.05, 0.1) is 18.0 Å². The number of aryl methyl sites for hydroxylation is 3. The predicted octanol–water partition coefficient (Wildman–Crippen LogP) is 1.79. The minimum absolute atomic E-state index is 0.503. The Morgan fingerprint density at radius 1 is 1.29 bits per heavy atom. The molecule has 2 rings (SSSR count). The van der Waals surface area contributed by atoms with Crippen LogP contribution in [-0.2, 0) is 13.5 Å². The van der Waals surface area contributed by atoms with E-state index >= 15 is 0 Å². The predicted molar refractivity (Wildman–Crippen MR) is 65.5 cm³/mol. The molecule has 1 atom stereocenters. The van der Waals surface area contributed by atoms with Gasteiger partial charge in [-0.1, -0.05) is 35.0 Å². The van der Waals surface area contributed by atoms with Crippen molar-refractivity contribution in [3.05, 3.63) is 47.3 Å². The van der Waals surface area contributed by atoms with E-state index in [-0.39, 0.29) is 0 Å². The molecule has 0 aliphatic carbocycles. The molecule has 1 aromatic carbocycles. The lowest BCUT2D eigenvalue weighted by Crippen LogP contribution is -2.06. The summed E-state index contributed by atoms with van der Waals surface area (Å²) in [6.07, 6.45) is 2.65. The van der Waals surface area contributed by atoms with Gasteiger partial charge in [0, 0.05) is 7.05 Å². The van der Waals surface area contributed by atoms with Gasteiger partial charge < -0.3 is 5.11 Å². The van der Waals surface area contributed by atoms with Crippen LogP contribution >= 0.6 is 0 Å². The summed E-state index contributed by atoms with van der Waals surface area (Å²) in [6.45, 7) is 2.07. The molecule has 0 fully saturated rings. The van der Waals surface area contributed by atoms with Crippen molar-refractivity contribution in [3.8, 4) is 0 Å². The highest BCUT2D eigenvalue weighted by Gasteiger charge is 2.11. The molecular weight excluding hydrogens is 214 g/mol. The third-order valence-corrected chi connectivity index (χ3v) is 2.92. The number of aliphatic hydroxyl groups excluding tert-OH is 1. The first-order valence-corrected chi connectivity index (χ1v) is 5.75. The van der Waals surface area contributed by atoms with Gasteiger partial charge in [-0.25, -0.2) is 4.68 Å². The summed E-state index contributed by atoms with van der Waals surface area (Å²) in [5.74, 6) is 0. The highest BCUT2D eigenvalue weighted by Crippen LogP contribution is 2.17. The molecule has 0 aliphatic heterocycles. The van der Waals surface area contributed by atoms with Crippen molar-refractivity contribution in [1.29, 1.82) is 0 Å². The van der Waals surface area contributed by atoms with Crippen LogP contribution in [0, 0.1) is 6.92 Å². The third kappa shape index (κ3) is 2.91. The fraction of sp³-hybridized carbons (Fsp3) is 0.385. The second-order valence-electron chi connectivity index (χ2n) is 4.32. The Kier molecular flexibility index (Phi) is 3.54. The SMILES string of the molecule is Cc1ccc(CCC(O)c2cnnn2C)cc1. The van der Waals surface area contributed by atoms with Crippen LogP contribution in [0.5, 0.6) is 0 Å². The molecule has 2 aromatic rings. The molecule has 0 amide bonds. The summed E-state index contributed by atoms with van der Waals surface area (Å²) in [7, 11) is 1.79. The fourth-order valence-electron chi connectivity index (χ4n) is 1.81. The zero-order valence-electron chi connectivity index (χ0n) is 10.2. The average molecular weight is 231 g/mol. The Morgan fingerprint density at radius 2 is 2.00 bits per heavy atom. The second-order valence-corrected chi connectivity index (χ2v) is 4.32. The fourth-order valence-corrected chi connectivity index (χ4v) is 1.81. The number of aromatic nitrogens is 3. The van der Waals surface area contributed by atoms with Gasteiger partial charge in [0.1, 0.15) is 0 Å². The van der Waals surface area contributed by atoms with Crippen molar-refractivity contribution < 1.29 is 5.11 Å². The molecule has 0 aliphatic rings. The lowest BCUT2D eigenvalue weighted by molar-refractivity contribution is 0.158. The maximum atomic E-state index is 10.0.